The van der Waals surface area contributed by atoms with Crippen LogP contribution in [0.4, 0.5) is 0 Å². The van der Waals surface area contributed by atoms with Crippen molar-refractivity contribution in [1.29, 1.82) is 0 Å². The number of ether oxygens (including phenoxy) is 1. The van der Waals surface area contributed by atoms with Gasteiger partial charge in [0.25, 0.3) is 0 Å². The number of methoxy groups -OCH3 is 1. The number of carbonyl (C=O) groups excluding carboxylic acids is 1. The molecule has 0 spiro atoms. The first-order valence-corrected chi connectivity index (χ1v) is 7.04. The molecule has 1 rings (SSSR count). The van der Waals surface area contributed by atoms with Gasteiger partial charge in [-0.15, -0.1) is 0 Å². The van der Waals surface area contributed by atoms with Crippen molar-refractivity contribution in [1.82, 2.24) is 0 Å². The summed E-state index contributed by atoms with van der Waals surface area (Å²) in [6, 6.07) is 6.10. The lowest BCUT2D eigenvalue weighted by atomic mass is 10.1. The molecule has 0 aromatic heterocycles. The first-order valence-electron chi connectivity index (χ1n) is 4.77. The monoisotopic (exact) mass is 276 g/mol. The molecule has 1 aromatic rings. The highest BCUT2D eigenvalue weighted by Gasteiger charge is 2.41. The molecule has 17 heavy (non-hydrogen) atoms. The van der Waals surface area contributed by atoms with Crippen LogP contribution in [0.2, 0.25) is 0 Å². The van der Waals surface area contributed by atoms with Crippen LogP contribution < -0.4 is 4.74 Å². The Hall–Kier alpha value is -1.07. The second kappa shape index (κ2) is 4.66. The standard InChI is InChI=1S/C11H13ClO4S/c1-11(12,17(3,14)15)10(13)8-4-6-9(16-2)7-5-8/h4-7H,1-3H3/t11-/m1/s1. The van der Waals surface area contributed by atoms with E-state index in [2.05, 4.69) is 0 Å². The number of rotatable bonds is 4. The van der Waals surface area contributed by atoms with Crippen LogP contribution in [0.15, 0.2) is 24.3 Å². The molecule has 0 amide bonds. The zero-order chi connectivity index (χ0) is 13.3. The van der Waals surface area contributed by atoms with Gasteiger partial charge in [-0.1, -0.05) is 11.6 Å². The molecule has 0 saturated carbocycles. The van der Waals surface area contributed by atoms with Crippen molar-refractivity contribution in [3.63, 3.8) is 0 Å². The van der Waals surface area contributed by atoms with E-state index in [4.69, 9.17) is 16.3 Å². The number of hydrogen-bond donors (Lipinski definition) is 0. The van der Waals surface area contributed by atoms with E-state index in [0.717, 1.165) is 6.26 Å². The van der Waals surface area contributed by atoms with Gasteiger partial charge in [0.1, 0.15) is 5.75 Å². The van der Waals surface area contributed by atoms with Gasteiger partial charge >= 0.3 is 0 Å². The minimum atomic E-state index is -3.68. The summed E-state index contributed by atoms with van der Waals surface area (Å²) in [7, 11) is -2.18. The molecule has 0 N–H and O–H groups in total. The van der Waals surface area contributed by atoms with Gasteiger partial charge in [0, 0.05) is 11.8 Å². The van der Waals surface area contributed by atoms with Crippen LogP contribution in [-0.2, 0) is 9.84 Å². The number of ketones is 1. The van der Waals surface area contributed by atoms with Crippen molar-refractivity contribution in [3.05, 3.63) is 29.8 Å². The van der Waals surface area contributed by atoms with Gasteiger partial charge in [-0.2, -0.15) is 0 Å². The van der Waals surface area contributed by atoms with Gasteiger partial charge < -0.3 is 4.74 Å². The molecule has 0 fully saturated rings. The first-order chi connectivity index (χ1) is 7.70. The van der Waals surface area contributed by atoms with E-state index < -0.39 is 19.8 Å². The predicted molar refractivity (Wildman–Crippen MR) is 66.4 cm³/mol. The van der Waals surface area contributed by atoms with Crippen LogP contribution in [0, 0.1) is 0 Å². The molecule has 0 unspecified atom stereocenters. The third-order valence-corrected chi connectivity index (χ3v) is 5.04. The van der Waals surface area contributed by atoms with Crippen molar-refractivity contribution in [2.24, 2.45) is 0 Å². The third-order valence-electron chi connectivity index (χ3n) is 2.45. The Kier molecular flexibility index (Phi) is 3.84. The van der Waals surface area contributed by atoms with E-state index in [0.29, 0.717) is 5.75 Å². The molecule has 0 saturated heterocycles. The Labute approximate surface area is 105 Å². The molecule has 0 aliphatic rings. The molecule has 4 nitrogen and oxygen atoms in total. The van der Waals surface area contributed by atoms with E-state index >= 15 is 0 Å². The maximum absolute atomic E-state index is 12.0. The minimum Gasteiger partial charge on any atom is -0.497 e. The van der Waals surface area contributed by atoms with Crippen molar-refractivity contribution in [2.45, 2.75) is 11.1 Å². The molecule has 1 atom stereocenters. The van der Waals surface area contributed by atoms with Gasteiger partial charge in [-0.25, -0.2) is 8.42 Å². The summed E-state index contributed by atoms with van der Waals surface area (Å²) >= 11 is 5.80. The lowest BCUT2D eigenvalue weighted by Gasteiger charge is -2.18. The highest BCUT2D eigenvalue weighted by atomic mass is 35.5. The fourth-order valence-corrected chi connectivity index (χ4v) is 1.73. The average molecular weight is 277 g/mol. The van der Waals surface area contributed by atoms with Crippen LogP contribution >= 0.6 is 11.6 Å². The predicted octanol–water partition coefficient (Wildman–Crippen LogP) is 1.88. The summed E-state index contributed by atoms with van der Waals surface area (Å²) in [6.45, 7) is 1.18. The van der Waals surface area contributed by atoms with Crippen molar-refractivity contribution >= 4 is 27.2 Å². The van der Waals surface area contributed by atoms with Crippen LogP contribution in [0.3, 0.4) is 0 Å². The maximum Gasteiger partial charge on any atom is 0.204 e. The van der Waals surface area contributed by atoms with Crippen LogP contribution in [0.25, 0.3) is 0 Å². The van der Waals surface area contributed by atoms with Crippen molar-refractivity contribution in [3.8, 4) is 5.75 Å². The Morgan fingerprint density at radius 2 is 1.76 bits per heavy atom. The maximum atomic E-state index is 12.0. The Morgan fingerprint density at radius 1 is 1.29 bits per heavy atom. The first kappa shape index (κ1) is 14.0. The smallest absolute Gasteiger partial charge is 0.204 e. The largest absolute Gasteiger partial charge is 0.497 e. The van der Waals surface area contributed by atoms with Crippen LogP contribution in [0.1, 0.15) is 17.3 Å². The second-order valence-corrected chi connectivity index (χ2v) is 7.09. The van der Waals surface area contributed by atoms with E-state index in [1.165, 1.54) is 26.2 Å². The number of Topliss-reactive ketones (excluding diaryl/α,β-unsaturated/α-hetero) is 1. The topological polar surface area (TPSA) is 60.4 Å². The summed E-state index contributed by atoms with van der Waals surface area (Å²) in [5.41, 5.74) is 0.230. The third kappa shape index (κ3) is 2.79. The van der Waals surface area contributed by atoms with Gasteiger partial charge in [0.15, 0.2) is 15.6 Å². The summed E-state index contributed by atoms with van der Waals surface area (Å²) in [5, 5.41) is 0. The van der Waals surface area contributed by atoms with Crippen LogP contribution in [0.5, 0.6) is 5.75 Å². The van der Waals surface area contributed by atoms with E-state index in [-0.39, 0.29) is 5.56 Å². The quantitative estimate of drug-likeness (QED) is 0.622. The van der Waals surface area contributed by atoms with Crippen molar-refractivity contribution < 1.29 is 17.9 Å². The van der Waals surface area contributed by atoms with Crippen molar-refractivity contribution in [2.75, 3.05) is 13.4 Å². The highest BCUT2D eigenvalue weighted by Crippen LogP contribution is 2.27. The molecule has 0 aliphatic carbocycles. The molecular weight excluding hydrogens is 264 g/mol. The zero-order valence-corrected chi connectivity index (χ0v) is 11.3. The summed E-state index contributed by atoms with van der Waals surface area (Å²) in [6.07, 6.45) is 0.932. The van der Waals surface area contributed by atoms with Gasteiger partial charge in [0.05, 0.1) is 7.11 Å². The lowest BCUT2D eigenvalue weighted by Crippen LogP contribution is -2.37. The fraction of sp³-hybridized carbons (Fsp3) is 0.364. The SMILES string of the molecule is COc1ccc(C(=O)[C@](C)(Cl)S(C)(=O)=O)cc1. The van der Waals surface area contributed by atoms with Crippen LogP contribution in [-0.4, -0.2) is 31.8 Å². The summed E-state index contributed by atoms with van der Waals surface area (Å²) in [5.74, 6) is -0.0681. The molecular formula is C11H13ClO4S. The number of benzene rings is 1. The Morgan fingerprint density at radius 3 is 2.12 bits per heavy atom. The number of halogens is 1. The summed E-state index contributed by atoms with van der Waals surface area (Å²) < 4.78 is 25.8. The zero-order valence-electron chi connectivity index (χ0n) is 9.73. The molecule has 6 heteroatoms. The fourth-order valence-electron chi connectivity index (χ4n) is 1.17. The van der Waals surface area contributed by atoms with E-state index in [9.17, 15) is 13.2 Å². The average Bonchev–Trinajstić information content (AvgIpc) is 2.26. The molecule has 0 radical (unpaired) electrons. The van der Waals surface area contributed by atoms with Gasteiger partial charge in [-0.3, -0.25) is 4.79 Å². The Bertz CT molecular complexity index is 517. The highest BCUT2D eigenvalue weighted by molar-refractivity contribution is 7.94. The molecule has 0 bridgehead atoms. The molecule has 1 aromatic carbocycles. The summed E-state index contributed by atoms with van der Waals surface area (Å²) in [4.78, 5) is 12.0. The van der Waals surface area contributed by atoms with E-state index in [1.807, 2.05) is 0 Å². The van der Waals surface area contributed by atoms with Gasteiger partial charge in [-0.05, 0) is 31.2 Å². The molecule has 0 aliphatic heterocycles. The lowest BCUT2D eigenvalue weighted by molar-refractivity contribution is 0.0978. The minimum absolute atomic E-state index is 0.230. The normalized spacial score (nSPS) is 15.1. The number of hydrogen-bond acceptors (Lipinski definition) is 4. The number of sulfone groups is 1. The molecule has 94 valence electrons. The number of carbonyl (C=O) groups is 1. The second-order valence-electron chi connectivity index (χ2n) is 3.75. The Balaban J connectivity index is 3.13. The molecule has 0 heterocycles. The van der Waals surface area contributed by atoms with E-state index in [1.54, 1.807) is 12.1 Å². The van der Waals surface area contributed by atoms with Gasteiger partial charge in [0.2, 0.25) is 4.21 Å². The number of alkyl halides is 1.